The molecule has 1 aliphatic rings. The predicted octanol–water partition coefficient (Wildman–Crippen LogP) is 3.15. The number of hydrogen-bond acceptors (Lipinski definition) is 2. The maximum Gasteiger partial charge on any atom is 0.0605 e. The number of aliphatic hydroxyl groups excluding tert-OH is 1. The summed E-state index contributed by atoms with van der Waals surface area (Å²) in [4.78, 5) is 0. The SMILES string of the molecule is OC(Cc1ccc(I)cc1)CC1CCCCO1. The summed E-state index contributed by atoms with van der Waals surface area (Å²) < 4.78 is 6.88. The average Bonchev–Trinajstić information content (AvgIpc) is 2.33. The van der Waals surface area contributed by atoms with Gasteiger partial charge in [-0.1, -0.05) is 12.1 Å². The highest BCUT2D eigenvalue weighted by atomic mass is 127. The first-order valence-corrected chi connectivity index (χ1v) is 7.36. The fourth-order valence-electron chi connectivity index (χ4n) is 2.27. The summed E-state index contributed by atoms with van der Waals surface area (Å²) in [6, 6.07) is 8.35. The van der Waals surface area contributed by atoms with E-state index in [1.165, 1.54) is 22.0 Å². The smallest absolute Gasteiger partial charge is 0.0605 e. The Morgan fingerprint density at radius 1 is 1.29 bits per heavy atom. The lowest BCUT2D eigenvalue weighted by molar-refractivity contribution is -0.0147. The average molecular weight is 346 g/mol. The molecule has 1 aromatic rings. The summed E-state index contributed by atoms with van der Waals surface area (Å²) in [7, 11) is 0. The first kappa shape index (κ1) is 13.3. The highest BCUT2D eigenvalue weighted by Crippen LogP contribution is 2.19. The second-order valence-corrected chi connectivity index (χ2v) is 5.95. The molecular formula is C14H19IO2. The zero-order chi connectivity index (χ0) is 12.1. The van der Waals surface area contributed by atoms with Gasteiger partial charge in [0.25, 0.3) is 0 Å². The van der Waals surface area contributed by atoms with Crippen LogP contribution in [0.3, 0.4) is 0 Å². The van der Waals surface area contributed by atoms with Gasteiger partial charge in [0.15, 0.2) is 0 Å². The van der Waals surface area contributed by atoms with E-state index in [1.54, 1.807) is 0 Å². The lowest BCUT2D eigenvalue weighted by atomic mass is 9.99. The summed E-state index contributed by atoms with van der Waals surface area (Å²) in [5.41, 5.74) is 1.20. The molecule has 0 aliphatic carbocycles. The molecule has 0 aromatic heterocycles. The van der Waals surface area contributed by atoms with Crippen LogP contribution in [-0.4, -0.2) is 23.9 Å². The molecule has 1 fully saturated rings. The van der Waals surface area contributed by atoms with E-state index in [0.29, 0.717) is 0 Å². The molecule has 1 aromatic carbocycles. The predicted molar refractivity (Wildman–Crippen MR) is 77.1 cm³/mol. The molecule has 2 unspecified atom stereocenters. The number of benzene rings is 1. The maximum absolute atomic E-state index is 10.0. The Labute approximate surface area is 117 Å². The Balaban J connectivity index is 1.79. The van der Waals surface area contributed by atoms with Crippen LogP contribution in [0.5, 0.6) is 0 Å². The maximum atomic E-state index is 10.0. The van der Waals surface area contributed by atoms with E-state index < -0.39 is 0 Å². The molecule has 0 bridgehead atoms. The first-order chi connectivity index (χ1) is 8.24. The normalized spacial score (nSPS) is 22.4. The van der Waals surface area contributed by atoms with E-state index in [4.69, 9.17) is 4.74 Å². The molecule has 1 N–H and O–H groups in total. The second-order valence-electron chi connectivity index (χ2n) is 4.71. The standard InChI is InChI=1S/C14H19IO2/c15-12-6-4-11(5-7-12)9-13(16)10-14-3-1-2-8-17-14/h4-7,13-14,16H,1-3,8-10H2. The number of ether oxygens (including phenoxy) is 1. The van der Waals surface area contributed by atoms with Crippen LogP contribution in [0.15, 0.2) is 24.3 Å². The largest absolute Gasteiger partial charge is 0.393 e. The van der Waals surface area contributed by atoms with E-state index in [-0.39, 0.29) is 12.2 Å². The first-order valence-electron chi connectivity index (χ1n) is 6.28. The monoisotopic (exact) mass is 346 g/mol. The Morgan fingerprint density at radius 3 is 2.71 bits per heavy atom. The molecule has 0 saturated carbocycles. The number of rotatable bonds is 4. The van der Waals surface area contributed by atoms with E-state index in [2.05, 4.69) is 46.9 Å². The third-order valence-corrected chi connectivity index (χ3v) is 3.91. The van der Waals surface area contributed by atoms with E-state index >= 15 is 0 Å². The summed E-state index contributed by atoms with van der Waals surface area (Å²) in [6.45, 7) is 0.862. The minimum atomic E-state index is -0.279. The van der Waals surface area contributed by atoms with Gasteiger partial charge >= 0.3 is 0 Å². The molecule has 1 aliphatic heterocycles. The van der Waals surface area contributed by atoms with Gasteiger partial charge in [-0.2, -0.15) is 0 Å². The van der Waals surface area contributed by atoms with Crippen molar-refractivity contribution >= 4 is 22.6 Å². The zero-order valence-corrected chi connectivity index (χ0v) is 12.1. The summed E-state index contributed by atoms with van der Waals surface area (Å²) in [5, 5.41) is 10.0. The van der Waals surface area contributed by atoms with Gasteiger partial charge in [-0.05, 0) is 72.4 Å². The van der Waals surface area contributed by atoms with Crippen molar-refractivity contribution in [3.05, 3.63) is 33.4 Å². The minimum absolute atomic E-state index is 0.266. The zero-order valence-electron chi connectivity index (χ0n) is 9.94. The van der Waals surface area contributed by atoms with Crippen molar-refractivity contribution in [2.45, 2.75) is 44.3 Å². The quantitative estimate of drug-likeness (QED) is 0.849. The van der Waals surface area contributed by atoms with E-state index in [0.717, 1.165) is 25.9 Å². The van der Waals surface area contributed by atoms with E-state index in [1.807, 2.05) is 0 Å². The molecule has 0 radical (unpaired) electrons. The van der Waals surface area contributed by atoms with Gasteiger partial charge in [-0.25, -0.2) is 0 Å². The van der Waals surface area contributed by atoms with Gasteiger partial charge in [-0.3, -0.25) is 0 Å². The molecule has 3 heteroatoms. The fraction of sp³-hybridized carbons (Fsp3) is 0.571. The molecule has 94 valence electrons. The summed E-state index contributed by atoms with van der Waals surface area (Å²) >= 11 is 2.29. The highest BCUT2D eigenvalue weighted by molar-refractivity contribution is 14.1. The third-order valence-electron chi connectivity index (χ3n) is 3.19. The molecule has 0 spiro atoms. The molecule has 2 nitrogen and oxygen atoms in total. The van der Waals surface area contributed by atoms with Crippen LogP contribution in [0.1, 0.15) is 31.2 Å². The van der Waals surface area contributed by atoms with Crippen molar-refractivity contribution in [2.24, 2.45) is 0 Å². The van der Waals surface area contributed by atoms with Crippen LogP contribution in [-0.2, 0) is 11.2 Å². The van der Waals surface area contributed by atoms with Gasteiger partial charge in [-0.15, -0.1) is 0 Å². The Kier molecular flexibility index (Phi) is 5.25. The van der Waals surface area contributed by atoms with Gasteiger partial charge in [0.2, 0.25) is 0 Å². The molecule has 1 saturated heterocycles. The number of halogens is 1. The Bertz CT molecular complexity index is 331. The Hall–Kier alpha value is -0.130. The lowest BCUT2D eigenvalue weighted by Crippen LogP contribution is -2.25. The molecule has 1 heterocycles. The van der Waals surface area contributed by atoms with Gasteiger partial charge in [0.1, 0.15) is 0 Å². The Morgan fingerprint density at radius 2 is 2.06 bits per heavy atom. The number of hydrogen-bond donors (Lipinski definition) is 1. The van der Waals surface area contributed by atoms with Gasteiger partial charge < -0.3 is 9.84 Å². The molecule has 0 amide bonds. The van der Waals surface area contributed by atoms with Crippen LogP contribution < -0.4 is 0 Å². The van der Waals surface area contributed by atoms with Crippen LogP contribution in [0.4, 0.5) is 0 Å². The van der Waals surface area contributed by atoms with Crippen LogP contribution in [0.25, 0.3) is 0 Å². The van der Waals surface area contributed by atoms with Crippen molar-refractivity contribution in [1.29, 1.82) is 0 Å². The molecule has 17 heavy (non-hydrogen) atoms. The van der Waals surface area contributed by atoms with Crippen molar-refractivity contribution < 1.29 is 9.84 Å². The van der Waals surface area contributed by atoms with E-state index in [9.17, 15) is 5.11 Å². The second kappa shape index (κ2) is 6.71. The number of aliphatic hydroxyl groups is 1. The van der Waals surface area contributed by atoms with Gasteiger partial charge in [0, 0.05) is 10.2 Å². The van der Waals surface area contributed by atoms with Crippen LogP contribution in [0, 0.1) is 3.57 Å². The lowest BCUT2D eigenvalue weighted by Gasteiger charge is -2.24. The van der Waals surface area contributed by atoms with Crippen molar-refractivity contribution in [1.82, 2.24) is 0 Å². The third kappa shape index (κ3) is 4.56. The summed E-state index contributed by atoms with van der Waals surface area (Å²) in [6.07, 6.45) is 5.00. The molecule has 2 atom stereocenters. The minimum Gasteiger partial charge on any atom is -0.393 e. The molecule has 2 rings (SSSR count). The summed E-state index contributed by atoms with van der Waals surface area (Å²) in [5.74, 6) is 0. The fourth-order valence-corrected chi connectivity index (χ4v) is 2.63. The molecular weight excluding hydrogens is 327 g/mol. The van der Waals surface area contributed by atoms with Crippen LogP contribution in [0.2, 0.25) is 0 Å². The van der Waals surface area contributed by atoms with Crippen LogP contribution >= 0.6 is 22.6 Å². The van der Waals surface area contributed by atoms with Gasteiger partial charge in [0.05, 0.1) is 12.2 Å². The highest BCUT2D eigenvalue weighted by Gasteiger charge is 2.18. The van der Waals surface area contributed by atoms with Crippen molar-refractivity contribution in [3.8, 4) is 0 Å². The van der Waals surface area contributed by atoms with Crippen molar-refractivity contribution in [2.75, 3.05) is 6.61 Å². The topological polar surface area (TPSA) is 29.5 Å². The van der Waals surface area contributed by atoms with Crippen molar-refractivity contribution in [3.63, 3.8) is 0 Å².